The molecule has 4 aromatic rings. The van der Waals surface area contributed by atoms with Crippen LogP contribution in [0.5, 0.6) is 0 Å². The number of hydrazine groups is 1. The first-order valence-electron chi connectivity index (χ1n) is 16.5. The molecule has 258 valence electrons. The number of nitrogens with zero attached hydrogens (tertiary/aromatic N) is 6. The van der Waals surface area contributed by atoms with E-state index in [0.29, 0.717) is 43.4 Å². The SMILES string of the molecule is CCCn1ncc2c(NC3CCOCC3)c(C(=O)NNC(C)=O)cnc21.CCCn1ncc2c(NC3CCOCC3)c(C(=O)O)cnc21. The zero-order chi connectivity index (χ0) is 34.0. The maximum Gasteiger partial charge on any atom is 0.339 e. The Hall–Kier alpha value is -4.83. The fraction of sp³-hybridized carbons (Fsp3) is 0.531. The molecule has 48 heavy (non-hydrogen) atoms. The Morgan fingerprint density at radius 3 is 1.65 bits per heavy atom. The van der Waals surface area contributed by atoms with Crippen LogP contribution in [0, 0.1) is 0 Å². The van der Waals surface area contributed by atoms with Gasteiger partial charge in [0.1, 0.15) is 5.56 Å². The Morgan fingerprint density at radius 1 is 0.750 bits per heavy atom. The van der Waals surface area contributed by atoms with Crippen molar-refractivity contribution in [1.29, 1.82) is 0 Å². The maximum atomic E-state index is 12.5. The van der Waals surface area contributed by atoms with Crippen molar-refractivity contribution in [1.82, 2.24) is 40.4 Å². The Morgan fingerprint density at radius 2 is 1.21 bits per heavy atom. The minimum Gasteiger partial charge on any atom is -0.478 e. The number of aromatic nitrogens is 6. The number of hydrogen-bond acceptors (Lipinski definition) is 11. The summed E-state index contributed by atoms with van der Waals surface area (Å²) in [6, 6.07) is 0.420. The molecule has 2 saturated heterocycles. The molecule has 16 heteroatoms. The van der Waals surface area contributed by atoms with Crippen LogP contribution in [-0.4, -0.2) is 90.9 Å². The zero-order valence-corrected chi connectivity index (χ0v) is 27.6. The molecule has 0 bridgehead atoms. The van der Waals surface area contributed by atoms with Crippen LogP contribution in [0.15, 0.2) is 24.8 Å². The van der Waals surface area contributed by atoms with E-state index in [2.05, 4.69) is 55.5 Å². The number of carbonyl (C=O) groups is 3. The van der Waals surface area contributed by atoms with Crippen molar-refractivity contribution in [2.24, 2.45) is 0 Å². The number of aromatic carboxylic acids is 1. The largest absolute Gasteiger partial charge is 0.478 e. The summed E-state index contributed by atoms with van der Waals surface area (Å²) in [5, 5.41) is 26.6. The number of fused-ring (bicyclic) bond motifs is 2. The fourth-order valence-electron chi connectivity index (χ4n) is 5.75. The lowest BCUT2D eigenvalue weighted by atomic mass is 10.1. The highest BCUT2D eigenvalue weighted by Gasteiger charge is 2.23. The monoisotopic (exact) mass is 664 g/mol. The second kappa shape index (κ2) is 16.3. The normalized spacial score (nSPS) is 15.5. The van der Waals surface area contributed by atoms with E-state index < -0.39 is 11.9 Å². The summed E-state index contributed by atoms with van der Waals surface area (Å²) in [6.07, 6.45) is 11.7. The van der Waals surface area contributed by atoms with Gasteiger partial charge in [-0.3, -0.25) is 20.4 Å². The van der Waals surface area contributed by atoms with E-state index in [1.165, 1.54) is 19.3 Å². The predicted molar refractivity (Wildman–Crippen MR) is 179 cm³/mol. The number of nitrogens with one attached hydrogen (secondary N) is 4. The minimum absolute atomic E-state index is 0.190. The summed E-state index contributed by atoms with van der Waals surface area (Å²) >= 11 is 0. The molecule has 2 aliphatic heterocycles. The van der Waals surface area contributed by atoms with Crippen molar-refractivity contribution in [3.63, 3.8) is 0 Å². The molecular weight excluding hydrogens is 620 g/mol. The third-order valence-electron chi connectivity index (χ3n) is 8.17. The number of ether oxygens (including phenoxy) is 2. The highest BCUT2D eigenvalue weighted by Crippen LogP contribution is 2.30. The molecule has 2 amide bonds. The summed E-state index contributed by atoms with van der Waals surface area (Å²) in [4.78, 5) is 43.8. The number of pyridine rings is 2. The molecule has 2 aliphatic rings. The second-order valence-electron chi connectivity index (χ2n) is 11.8. The number of carbonyl (C=O) groups excluding carboxylic acids is 2. The molecule has 0 unspecified atom stereocenters. The first-order valence-corrected chi connectivity index (χ1v) is 16.5. The van der Waals surface area contributed by atoms with E-state index in [4.69, 9.17) is 9.47 Å². The van der Waals surface area contributed by atoms with Crippen molar-refractivity contribution in [2.45, 2.75) is 84.5 Å². The van der Waals surface area contributed by atoms with Gasteiger partial charge >= 0.3 is 5.97 Å². The van der Waals surface area contributed by atoms with E-state index in [0.717, 1.165) is 73.7 Å². The van der Waals surface area contributed by atoms with Crippen LogP contribution in [0.1, 0.15) is 80.0 Å². The van der Waals surface area contributed by atoms with Crippen molar-refractivity contribution >= 4 is 51.2 Å². The average Bonchev–Trinajstić information content (AvgIpc) is 3.70. The molecule has 0 radical (unpaired) electrons. The Labute approximate surface area is 277 Å². The quantitative estimate of drug-likeness (QED) is 0.155. The lowest BCUT2D eigenvalue weighted by Crippen LogP contribution is -2.41. The van der Waals surface area contributed by atoms with Crippen LogP contribution >= 0.6 is 0 Å². The number of hydrogen-bond donors (Lipinski definition) is 5. The number of carboxylic acid groups (broad SMARTS) is 1. The van der Waals surface area contributed by atoms with Gasteiger partial charge in [0.25, 0.3) is 5.91 Å². The minimum atomic E-state index is -0.979. The molecule has 16 nitrogen and oxygen atoms in total. The molecule has 6 rings (SSSR count). The molecule has 5 N–H and O–H groups in total. The van der Waals surface area contributed by atoms with Gasteiger partial charge in [0.2, 0.25) is 5.91 Å². The van der Waals surface area contributed by atoms with E-state index >= 15 is 0 Å². The van der Waals surface area contributed by atoms with Crippen LogP contribution in [0.25, 0.3) is 22.1 Å². The number of carboxylic acids is 1. The average molecular weight is 665 g/mol. The number of rotatable bonds is 10. The molecule has 0 atom stereocenters. The van der Waals surface area contributed by atoms with Gasteiger partial charge in [0, 0.05) is 70.9 Å². The van der Waals surface area contributed by atoms with Crippen molar-refractivity contribution < 1.29 is 29.0 Å². The number of amides is 2. The Bertz CT molecular complexity index is 1730. The zero-order valence-electron chi connectivity index (χ0n) is 27.6. The van der Waals surface area contributed by atoms with Gasteiger partial charge in [0.15, 0.2) is 11.3 Å². The number of aryl methyl sites for hydroxylation is 2. The third-order valence-corrected chi connectivity index (χ3v) is 8.17. The van der Waals surface area contributed by atoms with Crippen LogP contribution < -0.4 is 21.5 Å². The molecule has 0 saturated carbocycles. The van der Waals surface area contributed by atoms with Crippen molar-refractivity contribution in [3.8, 4) is 0 Å². The summed E-state index contributed by atoms with van der Waals surface area (Å²) in [5.74, 6) is -1.75. The van der Waals surface area contributed by atoms with E-state index in [-0.39, 0.29) is 23.6 Å². The summed E-state index contributed by atoms with van der Waals surface area (Å²) in [6.45, 7) is 9.77. The van der Waals surface area contributed by atoms with E-state index in [9.17, 15) is 19.5 Å². The van der Waals surface area contributed by atoms with Gasteiger partial charge in [-0.15, -0.1) is 0 Å². The topological polar surface area (TPSA) is 199 Å². The lowest BCUT2D eigenvalue weighted by Gasteiger charge is -2.25. The van der Waals surface area contributed by atoms with Crippen molar-refractivity contribution in [2.75, 3.05) is 37.1 Å². The van der Waals surface area contributed by atoms with Crippen LogP contribution in [0.2, 0.25) is 0 Å². The summed E-state index contributed by atoms with van der Waals surface area (Å²) in [5.41, 5.74) is 8.04. The number of anilines is 2. The molecule has 6 heterocycles. The first kappa shape index (κ1) is 34.5. The highest BCUT2D eigenvalue weighted by molar-refractivity contribution is 6.07. The molecule has 0 aromatic carbocycles. The van der Waals surface area contributed by atoms with Gasteiger partial charge in [-0.25, -0.2) is 24.1 Å². The smallest absolute Gasteiger partial charge is 0.339 e. The Kier molecular flexibility index (Phi) is 11.7. The lowest BCUT2D eigenvalue weighted by molar-refractivity contribution is -0.119. The molecule has 2 fully saturated rings. The van der Waals surface area contributed by atoms with Crippen LogP contribution in [-0.2, 0) is 27.4 Å². The van der Waals surface area contributed by atoms with E-state index in [1.807, 2.05) is 9.36 Å². The highest BCUT2D eigenvalue weighted by atomic mass is 16.5. The molecule has 4 aromatic heterocycles. The van der Waals surface area contributed by atoms with Gasteiger partial charge in [-0.05, 0) is 38.5 Å². The van der Waals surface area contributed by atoms with Gasteiger partial charge < -0.3 is 25.2 Å². The Balaban J connectivity index is 0.000000190. The molecule has 0 spiro atoms. The van der Waals surface area contributed by atoms with Crippen LogP contribution in [0.3, 0.4) is 0 Å². The fourth-order valence-corrected chi connectivity index (χ4v) is 5.75. The predicted octanol–water partition coefficient (Wildman–Crippen LogP) is 3.34. The van der Waals surface area contributed by atoms with Gasteiger partial charge in [0.05, 0.1) is 40.1 Å². The van der Waals surface area contributed by atoms with Gasteiger partial charge in [-0.1, -0.05) is 13.8 Å². The van der Waals surface area contributed by atoms with Gasteiger partial charge in [-0.2, -0.15) is 10.2 Å². The summed E-state index contributed by atoms with van der Waals surface area (Å²) in [7, 11) is 0. The van der Waals surface area contributed by atoms with Crippen LogP contribution in [0.4, 0.5) is 11.4 Å². The standard InChI is InChI=1S/C17H24N6O3.C15H20N4O3/c1-3-6-23-16-13(10-19-23)15(20-12-4-7-26-8-5-12)14(9-18-16)17(25)22-21-11(2)24;1-2-5-19-14-11(9-17-19)13(12(8-16-14)15(20)21)18-10-3-6-22-7-4-10/h9-10,12H,3-8H2,1-2H3,(H,18,20)(H,21,24)(H,22,25);8-10H,2-7H2,1H3,(H,16,18)(H,20,21). The first-order chi connectivity index (χ1) is 23.3. The van der Waals surface area contributed by atoms with E-state index in [1.54, 1.807) is 12.4 Å². The van der Waals surface area contributed by atoms with Crippen molar-refractivity contribution in [3.05, 3.63) is 35.9 Å². The summed E-state index contributed by atoms with van der Waals surface area (Å²) < 4.78 is 14.4. The molecular formula is C32H44N10O6. The third kappa shape index (κ3) is 8.17. The maximum absolute atomic E-state index is 12.5. The second-order valence-corrected chi connectivity index (χ2v) is 11.8. The molecule has 0 aliphatic carbocycles.